The second kappa shape index (κ2) is 7.68. The Labute approximate surface area is 147 Å². The second-order valence-corrected chi connectivity index (χ2v) is 5.67. The van der Waals surface area contributed by atoms with Gasteiger partial charge in [0.05, 0.1) is 27.7 Å². The van der Waals surface area contributed by atoms with E-state index in [1.54, 1.807) is 12.1 Å². The first kappa shape index (κ1) is 17.6. The van der Waals surface area contributed by atoms with Gasteiger partial charge in [-0.25, -0.2) is 4.79 Å². The number of carbonyl (C=O) groups excluding carboxylic acids is 2. The van der Waals surface area contributed by atoms with E-state index in [1.807, 2.05) is 0 Å². The van der Waals surface area contributed by atoms with E-state index >= 15 is 0 Å². The molecule has 0 N–H and O–H groups in total. The minimum absolute atomic E-state index is 0.170. The molecule has 0 saturated carbocycles. The molecular formula is C16H11Cl3O4. The SMILES string of the molecule is COC(=O)c1ccccc1C(=O)COc1cc(Cl)c(Cl)cc1Cl. The minimum atomic E-state index is -0.596. The van der Waals surface area contributed by atoms with E-state index in [9.17, 15) is 9.59 Å². The van der Waals surface area contributed by atoms with Crippen LogP contribution in [-0.4, -0.2) is 25.5 Å². The number of benzene rings is 2. The Hall–Kier alpha value is -1.75. The van der Waals surface area contributed by atoms with Gasteiger partial charge in [-0.05, 0) is 12.1 Å². The smallest absolute Gasteiger partial charge is 0.338 e. The minimum Gasteiger partial charge on any atom is -0.484 e. The molecule has 23 heavy (non-hydrogen) atoms. The first-order chi connectivity index (χ1) is 10.9. The molecule has 0 aliphatic heterocycles. The summed E-state index contributed by atoms with van der Waals surface area (Å²) in [5, 5.41) is 0.772. The van der Waals surface area contributed by atoms with Crippen LogP contribution in [0.3, 0.4) is 0 Å². The number of hydrogen-bond acceptors (Lipinski definition) is 4. The summed E-state index contributed by atoms with van der Waals surface area (Å²) in [6.45, 7) is -0.314. The number of rotatable bonds is 5. The zero-order valence-corrected chi connectivity index (χ0v) is 14.2. The van der Waals surface area contributed by atoms with Crippen LogP contribution in [0.5, 0.6) is 5.75 Å². The van der Waals surface area contributed by atoms with Crippen LogP contribution in [0, 0.1) is 0 Å². The van der Waals surface area contributed by atoms with Gasteiger partial charge in [-0.1, -0.05) is 53.0 Å². The van der Waals surface area contributed by atoms with Gasteiger partial charge >= 0.3 is 5.97 Å². The number of halogens is 3. The van der Waals surface area contributed by atoms with E-state index in [1.165, 1.54) is 31.4 Å². The summed E-state index contributed by atoms with van der Waals surface area (Å²) in [7, 11) is 1.25. The van der Waals surface area contributed by atoms with Crippen LogP contribution in [0.1, 0.15) is 20.7 Å². The summed E-state index contributed by atoms with van der Waals surface area (Å²) < 4.78 is 10.0. The molecule has 0 aliphatic rings. The molecule has 0 aliphatic carbocycles. The molecule has 0 aromatic heterocycles. The predicted octanol–water partition coefficient (Wildman–Crippen LogP) is 4.70. The number of methoxy groups -OCH3 is 1. The number of ether oxygens (including phenoxy) is 2. The summed E-state index contributed by atoms with van der Waals surface area (Å²) in [6, 6.07) is 9.16. The van der Waals surface area contributed by atoms with Crippen LogP contribution in [-0.2, 0) is 4.74 Å². The number of hydrogen-bond donors (Lipinski definition) is 0. The Bertz CT molecular complexity index is 759. The Kier molecular flexibility index (Phi) is 5.88. The third-order valence-corrected chi connectivity index (χ3v) is 3.98. The van der Waals surface area contributed by atoms with E-state index in [2.05, 4.69) is 4.74 Å². The van der Waals surface area contributed by atoms with Gasteiger partial charge in [0.25, 0.3) is 0 Å². The third-order valence-electron chi connectivity index (χ3n) is 2.97. The van der Waals surface area contributed by atoms with Gasteiger partial charge in [0.1, 0.15) is 5.75 Å². The maximum absolute atomic E-state index is 12.3. The molecular weight excluding hydrogens is 363 g/mol. The van der Waals surface area contributed by atoms with Crippen molar-refractivity contribution in [1.29, 1.82) is 0 Å². The van der Waals surface area contributed by atoms with Crippen molar-refractivity contribution in [3.05, 3.63) is 62.6 Å². The van der Waals surface area contributed by atoms with Crippen molar-refractivity contribution in [3.63, 3.8) is 0 Å². The molecule has 4 nitrogen and oxygen atoms in total. The average Bonchev–Trinajstić information content (AvgIpc) is 2.56. The average molecular weight is 374 g/mol. The fourth-order valence-electron chi connectivity index (χ4n) is 1.85. The molecule has 0 unspecified atom stereocenters. The van der Waals surface area contributed by atoms with Crippen molar-refractivity contribution < 1.29 is 19.1 Å². The van der Waals surface area contributed by atoms with Crippen molar-refractivity contribution in [2.45, 2.75) is 0 Å². The normalized spacial score (nSPS) is 10.3. The van der Waals surface area contributed by atoms with E-state index in [4.69, 9.17) is 39.5 Å². The molecule has 7 heteroatoms. The highest BCUT2D eigenvalue weighted by Gasteiger charge is 2.18. The predicted molar refractivity (Wildman–Crippen MR) is 89.1 cm³/mol. The standard InChI is InChI=1S/C16H11Cl3O4/c1-22-16(21)10-5-3-2-4-9(10)14(20)8-23-15-7-12(18)11(17)6-13(15)19/h2-7H,8H2,1H3. The monoisotopic (exact) mass is 372 g/mol. The van der Waals surface area contributed by atoms with Gasteiger partial charge in [0.15, 0.2) is 6.61 Å². The summed E-state index contributed by atoms with van der Waals surface area (Å²) in [5.74, 6) is -0.764. The zero-order chi connectivity index (χ0) is 17.0. The molecule has 0 amide bonds. The molecule has 0 fully saturated rings. The lowest BCUT2D eigenvalue weighted by Crippen LogP contribution is -2.16. The Morgan fingerprint density at radius 1 is 0.957 bits per heavy atom. The van der Waals surface area contributed by atoms with Crippen LogP contribution in [0.2, 0.25) is 15.1 Å². The van der Waals surface area contributed by atoms with E-state index in [0.29, 0.717) is 0 Å². The van der Waals surface area contributed by atoms with Crippen LogP contribution in [0.25, 0.3) is 0 Å². The third kappa shape index (κ3) is 4.16. The van der Waals surface area contributed by atoms with Gasteiger partial charge in [-0.2, -0.15) is 0 Å². The lowest BCUT2D eigenvalue weighted by molar-refractivity contribution is 0.0596. The van der Waals surface area contributed by atoms with Crippen LogP contribution >= 0.6 is 34.8 Å². The highest BCUT2D eigenvalue weighted by atomic mass is 35.5. The summed E-state index contributed by atoms with van der Waals surface area (Å²) in [5.41, 5.74) is 0.374. The molecule has 0 heterocycles. The molecule has 2 aromatic rings. The first-order valence-corrected chi connectivity index (χ1v) is 7.55. The molecule has 0 spiro atoms. The van der Waals surface area contributed by atoms with Crippen molar-refractivity contribution >= 4 is 46.6 Å². The second-order valence-electron chi connectivity index (χ2n) is 4.45. The van der Waals surface area contributed by atoms with Crippen LogP contribution in [0.4, 0.5) is 0 Å². The fourth-order valence-corrected chi connectivity index (χ4v) is 2.44. The van der Waals surface area contributed by atoms with Gasteiger partial charge in [-0.3, -0.25) is 4.79 Å². The molecule has 0 radical (unpaired) electrons. The maximum Gasteiger partial charge on any atom is 0.338 e. The van der Waals surface area contributed by atoms with E-state index < -0.39 is 11.8 Å². The lowest BCUT2D eigenvalue weighted by Gasteiger charge is -2.10. The summed E-state index contributed by atoms with van der Waals surface area (Å²) >= 11 is 17.7. The van der Waals surface area contributed by atoms with E-state index in [-0.39, 0.29) is 38.6 Å². The highest BCUT2D eigenvalue weighted by Crippen LogP contribution is 2.33. The fraction of sp³-hybridized carbons (Fsp3) is 0.125. The molecule has 2 aromatic carbocycles. The van der Waals surface area contributed by atoms with Gasteiger partial charge in [-0.15, -0.1) is 0 Å². The Morgan fingerprint density at radius 2 is 1.57 bits per heavy atom. The van der Waals surface area contributed by atoms with Crippen molar-refractivity contribution in [2.75, 3.05) is 13.7 Å². The Balaban J connectivity index is 2.18. The van der Waals surface area contributed by atoms with E-state index in [0.717, 1.165) is 0 Å². The van der Waals surface area contributed by atoms with Crippen molar-refractivity contribution in [2.24, 2.45) is 0 Å². The highest BCUT2D eigenvalue weighted by molar-refractivity contribution is 6.43. The van der Waals surface area contributed by atoms with Gasteiger partial charge in [0.2, 0.25) is 5.78 Å². The quantitative estimate of drug-likeness (QED) is 0.433. The number of carbonyl (C=O) groups is 2. The molecule has 120 valence electrons. The maximum atomic E-state index is 12.3. The topological polar surface area (TPSA) is 52.6 Å². The number of ketones is 1. The number of esters is 1. The van der Waals surface area contributed by atoms with Crippen molar-refractivity contribution in [3.8, 4) is 5.75 Å². The van der Waals surface area contributed by atoms with Crippen LogP contribution < -0.4 is 4.74 Å². The van der Waals surface area contributed by atoms with Gasteiger partial charge < -0.3 is 9.47 Å². The largest absolute Gasteiger partial charge is 0.484 e. The Morgan fingerprint density at radius 3 is 2.22 bits per heavy atom. The molecule has 0 bridgehead atoms. The van der Waals surface area contributed by atoms with Gasteiger partial charge in [0, 0.05) is 11.6 Å². The van der Waals surface area contributed by atoms with Crippen molar-refractivity contribution in [1.82, 2.24) is 0 Å². The zero-order valence-electron chi connectivity index (χ0n) is 11.9. The summed E-state index contributed by atoms with van der Waals surface area (Å²) in [4.78, 5) is 24.0. The molecule has 0 saturated heterocycles. The molecule has 0 atom stereocenters. The summed E-state index contributed by atoms with van der Waals surface area (Å²) in [6.07, 6.45) is 0. The number of Topliss-reactive ketones (excluding diaryl/α,β-unsaturated/α-hetero) is 1. The van der Waals surface area contributed by atoms with Crippen LogP contribution in [0.15, 0.2) is 36.4 Å². The molecule has 2 rings (SSSR count). The first-order valence-electron chi connectivity index (χ1n) is 6.42. The lowest BCUT2D eigenvalue weighted by atomic mass is 10.0.